The van der Waals surface area contributed by atoms with Crippen molar-refractivity contribution in [3.8, 4) is 0 Å². The predicted molar refractivity (Wildman–Crippen MR) is 161 cm³/mol. The smallest absolute Gasteiger partial charge is 0.303 e. The quantitative estimate of drug-likeness (QED) is 0.301. The van der Waals surface area contributed by atoms with Crippen LogP contribution in [0.5, 0.6) is 0 Å². The second-order valence-corrected chi connectivity index (χ2v) is 16.7. The van der Waals surface area contributed by atoms with Crippen LogP contribution >= 0.6 is 0 Å². The highest BCUT2D eigenvalue weighted by molar-refractivity contribution is 5.66. The van der Waals surface area contributed by atoms with Gasteiger partial charge in [-0.3, -0.25) is 9.59 Å². The van der Waals surface area contributed by atoms with Gasteiger partial charge in [-0.25, -0.2) is 0 Å². The highest BCUT2D eigenvalue weighted by Crippen LogP contribution is 2.68. The summed E-state index contributed by atoms with van der Waals surface area (Å²) in [6, 6.07) is 0.846. The molecule has 0 unspecified atom stereocenters. The van der Waals surface area contributed by atoms with Crippen LogP contribution in [0.2, 0.25) is 0 Å². The Morgan fingerprint density at radius 2 is 1.27 bits per heavy atom. The lowest BCUT2D eigenvalue weighted by molar-refractivity contribution is -0.943. The van der Waals surface area contributed by atoms with Crippen LogP contribution in [0.4, 0.5) is 0 Å². The molecule has 232 valence electrons. The van der Waals surface area contributed by atoms with E-state index in [0.29, 0.717) is 35.3 Å². The molecule has 6 fully saturated rings. The molecule has 0 aromatic carbocycles. The Balaban J connectivity index is 1.31. The highest BCUT2D eigenvalue weighted by Gasteiger charge is 2.68. The normalized spacial score (nSPS) is 46.9. The molecule has 0 radical (unpaired) electrons. The largest absolute Gasteiger partial charge is 0.456 e. The number of carbonyl (C=O) groups is 2. The Hall–Kier alpha value is -1.14. The lowest BCUT2D eigenvalue weighted by Gasteiger charge is -2.63. The number of fused-ring (bicyclic) bond motifs is 5. The van der Waals surface area contributed by atoms with E-state index in [0.717, 1.165) is 21.3 Å². The van der Waals surface area contributed by atoms with Crippen molar-refractivity contribution in [1.29, 1.82) is 0 Å². The van der Waals surface area contributed by atoms with Crippen LogP contribution in [0.1, 0.15) is 111 Å². The summed E-state index contributed by atoms with van der Waals surface area (Å²) in [5, 5.41) is 0. The first kappa shape index (κ1) is 29.9. The molecule has 10 atom stereocenters. The molecule has 0 N–H and O–H groups in total. The van der Waals surface area contributed by atoms with Crippen LogP contribution in [-0.4, -0.2) is 85.5 Å². The van der Waals surface area contributed by atoms with E-state index < -0.39 is 0 Å². The number of likely N-dealkylation sites (tertiary alicyclic amines) is 2. The van der Waals surface area contributed by atoms with E-state index >= 15 is 0 Å². The topological polar surface area (TPSA) is 52.6 Å². The van der Waals surface area contributed by atoms with Crippen molar-refractivity contribution in [2.24, 2.45) is 34.5 Å². The minimum absolute atomic E-state index is 0.0462. The van der Waals surface area contributed by atoms with Crippen molar-refractivity contribution in [2.75, 3.05) is 40.3 Å². The molecule has 0 bridgehead atoms. The molecule has 4 aliphatic carbocycles. The van der Waals surface area contributed by atoms with Crippen molar-refractivity contribution < 1.29 is 28.0 Å². The second-order valence-electron chi connectivity index (χ2n) is 16.7. The van der Waals surface area contributed by atoms with Crippen molar-refractivity contribution >= 4 is 11.9 Å². The third-order valence-corrected chi connectivity index (χ3v) is 14.5. The molecule has 6 rings (SSSR count). The SMILES string of the molecule is CC(=O)O[C@H]1C[C@@H]2CC[C@H]3[C@@H]4C[C@@H]([N+]5(C)CCCCC5)[C@@H](OC(C)=O)[C@]4(C)CC[C@@H]3[C@]2(C)C[C@H]1[N+]1(C)CCCCC1. The summed E-state index contributed by atoms with van der Waals surface area (Å²) in [7, 11) is 4.94. The van der Waals surface area contributed by atoms with E-state index in [9.17, 15) is 9.59 Å². The maximum Gasteiger partial charge on any atom is 0.303 e. The molecule has 2 saturated heterocycles. The highest BCUT2D eigenvalue weighted by atomic mass is 16.5. The van der Waals surface area contributed by atoms with Crippen molar-refractivity contribution in [3.05, 3.63) is 0 Å². The maximum atomic E-state index is 12.5. The van der Waals surface area contributed by atoms with E-state index in [1.54, 1.807) is 13.8 Å². The lowest BCUT2D eigenvalue weighted by Crippen LogP contribution is -2.66. The molecule has 2 aliphatic heterocycles. The summed E-state index contributed by atoms with van der Waals surface area (Å²) in [5.41, 5.74) is 0.377. The standard InChI is InChI=1S/C35H60N2O4/c1-24(38)40-32-21-26-13-14-27-28(35(26,4)23-31(32)37(6)19-11-8-12-20-37)15-16-34(3)29(27)22-30(33(34)41-25(2)39)36(5)17-9-7-10-18-36/h26-33H,7-23H2,1-6H3/q+2/t26-,27+,28-,29-,30+,31+,32-,33+,34+,35+/m0/s1. The average molecular weight is 573 g/mol. The van der Waals surface area contributed by atoms with E-state index in [4.69, 9.17) is 9.47 Å². The van der Waals surface area contributed by atoms with Crippen LogP contribution in [0.3, 0.4) is 0 Å². The average Bonchev–Trinajstić information content (AvgIpc) is 3.21. The van der Waals surface area contributed by atoms with Crippen LogP contribution in [0, 0.1) is 34.5 Å². The number of piperidine rings is 2. The van der Waals surface area contributed by atoms with Crippen molar-refractivity contribution in [2.45, 2.75) is 135 Å². The lowest BCUT2D eigenvalue weighted by atomic mass is 9.44. The number of hydrogen-bond donors (Lipinski definition) is 0. The molecular formula is C35H60N2O4+2. The third-order valence-electron chi connectivity index (χ3n) is 14.5. The summed E-state index contributed by atoms with van der Waals surface area (Å²) in [6.07, 6.45) is 16.4. The van der Waals surface area contributed by atoms with Crippen LogP contribution in [0.15, 0.2) is 0 Å². The number of nitrogens with zero attached hydrogens (tertiary/aromatic N) is 2. The van der Waals surface area contributed by atoms with Crippen molar-refractivity contribution in [3.63, 3.8) is 0 Å². The fourth-order valence-electron chi connectivity index (χ4n) is 12.3. The van der Waals surface area contributed by atoms with Crippen molar-refractivity contribution in [1.82, 2.24) is 0 Å². The van der Waals surface area contributed by atoms with Gasteiger partial charge in [0, 0.05) is 32.1 Å². The van der Waals surface area contributed by atoms with Crippen LogP contribution in [-0.2, 0) is 19.1 Å². The first-order valence-corrected chi connectivity index (χ1v) is 17.4. The monoisotopic (exact) mass is 572 g/mol. The zero-order valence-corrected chi connectivity index (χ0v) is 27.2. The van der Waals surface area contributed by atoms with Gasteiger partial charge in [-0.05, 0) is 99.7 Å². The first-order chi connectivity index (χ1) is 19.4. The van der Waals surface area contributed by atoms with Gasteiger partial charge >= 0.3 is 11.9 Å². The molecule has 0 amide bonds. The van der Waals surface area contributed by atoms with Gasteiger partial charge in [-0.15, -0.1) is 0 Å². The summed E-state index contributed by atoms with van der Waals surface area (Å²) < 4.78 is 14.7. The maximum absolute atomic E-state index is 12.5. The molecule has 0 aromatic heterocycles. The number of ether oxygens (including phenoxy) is 2. The van der Waals surface area contributed by atoms with Gasteiger partial charge in [0.25, 0.3) is 0 Å². The fourth-order valence-corrected chi connectivity index (χ4v) is 12.3. The number of quaternary nitrogens is 2. The predicted octanol–water partition coefficient (Wildman–Crippen LogP) is 6.11. The minimum Gasteiger partial charge on any atom is -0.456 e. The van der Waals surface area contributed by atoms with E-state index in [1.165, 1.54) is 103 Å². The zero-order valence-electron chi connectivity index (χ0n) is 27.2. The minimum atomic E-state index is -0.0998. The van der Waals surface area contributed by atoms with Gasteiger partial charge in [0.2, 0.25) is 0 Å². The molecule has 6 aliphatic rings. The van der Waals surface area contributed by atoms with Gasteiger partial charge in [-0.2, -0.15) is 0 Å². The summed E-state index contributed by atoms with van der Waals surface area (Å²) in [4.78, 5) is 24.8. The second kappa shape index (κ2) is 10.8. The third kappa shape index (κ3) is 4.99. The fraction of sp³-hybridized carbons (Fsp3) is 0.943. The first-order valence-electron chi connectivity index (χ1n) is 17.4. The number of hydrogen-bond acceptors (Lipinski definition) is 4. The zero-order chi connectivity index (χ0) is 29.2. The molecule has 6 heteroatoms. The van der Waals surface area contributed by atoms with E-state index in [1.807, 2.05) is 0 Å². The number of rotatable bonds is 4. The Labute approximate surface area is 250 Å². The van der Waals surface area contributed by atoms with Gasteiger partial charge in [0.15, 0.2) is 12.2 Å². The molecule has 2 heterocycles. The number of likely N-dealkylation sites (N-methyl/N-ethyl adjacent to an activating group) is 2. The van der Waals surface area contributed by atoms with Gasteiger partial charge in [0.1, 0.15) is 12.1 Å². The van der Waals surface area contributed by atoms with E-state index in [2.05, 4.69) is 27.9 Å². The summed E-state index contributed by atoms with van der Waals surface area (Å²) >= 11 is 0. The van der Waals surface area contributed by atoms with Gasteiger partial charge < -0.3 is 18.4 Å². The molecule has 41 heavy (non-hydrogen) atoms. The van der Waals surface area contributed by atoms with Gasteiger partial charge in [0.05, 0.1) is 40.3 Å². The Bertz CT molecular complexity index is 1000. The Kier molecular flexibility index (Phi) is 7.87. The van der Waals surface area contributed by atoms with Crippen LogP contribution in [0.25, 0.3) is 0 Å². The molecular weight excluding hydrogens is 512 g/mol. The summed E-state index contributed by atoms with van der Waals surface area (Å²) in [6.45, 7) is 13.3. The van der Waals surface area contributed by atoms with E-state index in [-0.39, 0.29) is 29.6 Å². The molecule has 4 saturated carbocycles. The molecule has 0 spiro atoms. The Morgan fingerprint density at radius 3 is 1.85 bits per heavy atom. The summed E-state index contributed by atoms with van der Waals surface area (Å²) in [5.74, 6) is 2.52. The van der Waals surface area contributed by atoms with Gasteiger partial charge in [-0.1, -0.05) is 13.8 Å². The molecule has 0 aromatic rings. The Morgan fingerprint density at radius 1 is 0.683 bits per heavy atom. The molecule has 6 nitrogen and oxygen atoms in total. The van der Waals surface area contributed by atoms with Crippen LogP contribution < -0.4 is 0 Å². The number of carbonyl (C=O) groups excluding carboxylic acids is 2. The number of esters is 2.